The van der Waals surface area contributed by atoms with Gasteiger partial charge in [0.15, 0.2) is 12.1 Å². The summed E-state index contributed by atoms with van der Waals surface area (Å²) < 4.78 is 0.779. The Hall–Kier alpha value is -3.37. The van der Waals surface area contributed by atoms with Crippen LogP contribution in [0, 0.1) is 3.57 Å². The molecular formula is C25H17ClIN3O4. The van der Waals surface area contributed by atoms with E-state index in [1.807, 2.05) is 24.3 Å². The number of anilines is 1. The average molecular weight is 586 g/mol. The number of carboxylic acids is 1. The van der Waals surface area contributed by atoms with E-state index in [0.29, 0.717) is 22.0 Å². The molecule has 0 saturated carbocycles. The molecule has 170 valence electrons. The zero-order chi connectivity index (χ0) is 24.0. The van der Waals surface area contributed by atoms with Gasteiger partial charge in [0, 0.05) is 19.8 Å². The van der Waals surface area contributed by atoms with E-state index >= 15 is 0 Å². The minimum atomic E-state index is -1.43. The molecule has 0 unspecified atom stereocenters. The van der Waals surface area contributed by atoms with Crippen LogP contribution >= 0.6 is 34.2 Å². The maximum absolute atomic E-state index is 13.9. The smallest absolute Gasteiger partial charge is 0.331 e. The molecule has 9 heteroatoms. The second kappa shape index (κ2) is 8.77. The fourth-order valence-electron chi connectivity index (χ4n) is 4.25. The molecule has 34 heavy (non-hydrogen) atoms. The molecule has 0 bridgehead atoms. The largest absolute Gasteiger partial charge is 0.479 e. The Bertz CT molecular complexity index is 1420. The first-order valence-corrected chi connectivity index (χ1v) is 11.8. The fraction of sp³-hybridized carbons (Fsp3) is 0.0800. The second-order valence-electron chi connectivity index (χ2n) is 7.90. The van der Waals surface area contributed by atoms with Crippen molar-refractivity contribution in [2.24, 2.45) is 0 Å². The van der Waals surface area contributed by atoms with Crippen molar-refractivity contribution in [1.29, 1.82) is 0 Å². The number of carbonyl (C=O) groups is 3. The molecule has 2 amide bonds. The van der Waals surface area contributed by atoms with E-state index in [4.69, 9.17) is 11.6 Å². The topological polar surface area (TPSA) is 102 Å². The van der Waals surface area contributed by atoms with Gasteiger partial charge in [0.25, 0.3) is 11.8 Å². The average Bonchev–Trinajstić information content (AvgIpc) is 3.20. The van der Waals surface area contributed by atoms with E-state index in [2.05, 4.69) is 32.9 Å². The number of hydrogen-bond acceptors (Lipinski definition) is 3. The highest BCUT2D eigenvalue weighted by atomic mass is 127. The van der Waals surface area contributed by atoms with Crippen LogP contribution in [-0.2, 0) is 9.59 Å². The highest BCUT2D eigenvalue weighted by Crippen LogP contribution is 2.38. The van der Waals surface area contributed by atoms with E-state index in [9.17, 15) is 19.5 Å². The molecule has 1 aromatic heterocycles. The van der Waals surface area contributed by atoms with Crippen molar-refractivity contribution in [1.82, 2.24) is 9.88 Å². The van der Waals surface area contributed by atoms with E-state index in [1.165, 1.54) is 0 Å². The van der Waals surface area contributed by atoms with Crippen LogP contribution < -0.4 is 5.32 Å². The van der Waals surface area contributed by atoms with E-state index in [0.717, 1.165) is 19.4 Å². The number of fused-ring (bicyclic) bond motifs is 2. The highest BCUT2D eigenvalue weighted by molar-refractivity contribution is 14.1. The molecule has 2 atom stereocenters. The van der Waals surface area contributed by atoms with Crippen molar-refractivity contribution < 1.29 is 19.5 Å². The van der Waals surface area contributed by atoms with Gasteiger partial charge in [-0.2, -0.15) is 0 Å². The minimum Gasteiger partial charge on any atom is -0.479 e. The summed E-state index contributed by atoms with van der Waals surface area (Å²) in [6, 6.07) is 17.8. The lowest BCUT2D eigenvalue weighted by atomic mass is 10.00. The SMILES string of the molecule is O=C(O)[C@H](c1ccc(Cl)cc1)N1C(=O)c2cc(I)ccc2NC(=O)[C@@H]1c1cc2ccccc2[nH]1. The molecule has 0 aliphatic carbocycles. The first-order valence-electron chi connectivity index (χ1n) is 10.3. The summed E-state index contributed by atoms with van der Waals surface area (Å²) in [5.41, 5.74) is 2.06. The molecule has 0 radical (unpaired) electrons. The number of halogens is 2. The van der Waals surface area contributed by atoms with Crippen LogP contribution in [0.5, 0.6) is 0 Å². The quantitative estimate of drug-likeness (QED) is 0.280. The molecule has 5 rings (SSSR count). The molecule has 1 aliphatic heterocycles. The van der Waals surface area contributed by atoms with Crippen LogP contribution in [0.15, 0.2) is 72.8 Å². The highest BCUT2D eigenvalue weighted by Gasteiger charge is 2.44. The normalized spacial score (nSPS) is 16.6. The summed E-state index contributed by atoms with van der Waals surface area (Å²) >= 11 is 8.09. The molecule has 7 nitrogen and oxygen atoms in total. The molecule has 4 aromatic rings. The Morgan fingerprint density at radius 3 is 2.47 bits per heavy atom. The lowest BCUT2D eigenvalue weighted by Crippen LogP contribution is -2.44. The molecule has 0 spiro atoms. The standard InChI is InChI=1S/C25H17ClIN3O4/c26-15-7-5-13(6-8-15)21(25(33)34)30-22(20-11-14-3-1-2-4-18(14)28-20)23(31)29-19-10-9-16(27)12-17(19)24(30)32/h1-12,21-22,28H,(H,29,31)(H,33,34)/t21-,22-/m0/s1. The van der Waals surface area contributed by atoms with Gasteiger partial charge in [0.1, 0.15) is 0 Å². The zero-order valence-electron chi connectivity index (χ0n) is 17.5. The van der Waals surface area contributed by atoms with Crippen LogP contribution in [0.4, 0.5) is 5.69 Å². The van der Waals surface area contributed by atoms with Crippen molar-refractivity contribution in [2.45, 2.75) is 12.1 Å². The number of carboxylic acid groups (broad SMARTS) is 1. The number of nitrogens with one attached hydrogen (secondary N) is 2. The van der Waals surface area contributed by atoms with Gasteiger partial charge >= 0.3 is 5.97 Å². The van der Waals surface area contributed by atoms with Gasteiger partial charge in [-0.3, -0.25) is 9.59 Å². The van der Waals surface area contributed by atoms with Crippen LogP contribution in [-0.4, -0.2) is 32.8 Å². The summed E-state index contributed by atoms with van der Waals surface area (Å²) in [7, 11) is 0. The van der Waals surface area contributed by atoms with Crippen molar-refractivity contribution in [3.05, 3.63) is 98.2 Å². The van der Waals surface area contributed by atoms with Crippen LogP contribution in [0.2, 0.25) is 5.02 Å². The van der Waals surface area contributed by atoms with Crippen molar-refractivity contribution >= 4 is 68.6 Å². The molecule has 0 saturated heterocycles. The predicted octanol–water partition coefficient (Wildman–Crippen LogP) is 5.39. The van der Waals surface area contributed by atoms with E-state index in [1.54, 1.807) is 48.5 Å². The molecule has 3 aromatic carbocycles. The summed E-state index contributed by atoms with van der Waals surface area (Å²) in [4.78, 5) is 44.4. The Kier molecular flexibility index (Phi) is 5.78. The number of carbonyl (C=O) groups excluding carboxylic acids is 2. The Labute approximate surface area is 212 Å². The lowest BCUT2D eigenvalue weighted by Gasteiger charge is -2.33. The predicted molar refractivity (Wildman–Crippen MR) is 137 cm³/mol. The molecule has 3 N–H and O–H groups in total. The summed E-state index contributed by atoms with van der Waals surface area (Å²) in [6.07, 6.45) is 0. The molecular weight excluding hydrogens is 569 g/mol. The summed E-state index contributed by atoms with van der Waals surface area (Å²) in [5.74, 6) is -2.35. The molecule has 0 fully saturated rings. The first-order chi connectivity index (χ1) is 16.3. The summed E-state index contributed by atoms with van der Waals surface area (Å²) in [5, 5.41) is 14.4. The summed E-state index contributed by atoms with van der Waals surface area (Å²) in [6.45, 7) is 0. The number of aromatic amines is 1. The number of hydrogen-bond donors (Lipinski definition) is 3. The van der Waals surface area contributed by atoms with Crippen molar-refractivity contribution in [2.75, 3.05) is 5.32 Å². The fourth-order valence-corrected chi connectivity index (χ4v) is 4.87. The van der Waals surface area contributed by atoms with Crippen LogP contribution in [0.1, 0.15) is 33.7 Å². The van der Waals surface area contributed by atoms with Gasteiger partial charge in [0.2, 0.25) is 0 Å². The third-order valence-corrected chi connectivity index (χ3v) is 6.70. The Balaban J connectivity index is 1.75. The maximum Gasteiger partial charge on any atom is 0.331 e. The second-order valence-corrected chi connectivity index (χ2v) is 9.58. The molecule has 1 aliphatic rings. The first kappa shape index (κ1) is 22.4. The number of aliphatic carboxylic acids is 1. The minimum absolute atomic E-state index is 0.221. The van der Waals surface area contributed by atoms with Crippen molar-refractivity contribution in [3.8, 4) is 0 Å². The van der Waals surface area contributed by atoms with Gasteiger partial charge in [-0.05, 0) is 76.0 Å². The Morgan fingerprint density at radius 2 is 1.76 bits per heavy atom. The molecule has 2 heterocycles. The van der Waals surface area contributed by atoms with Crippen LogP contribution in [0.25, 0.3) is 10.9 Å². The number of para-hydroxylation sites is 1. The van der Waals surface area contributed by atoms with E-state index < -0.39 is 29.9 Å². The number of H-pyrrole nitrogens is 1. The van der Waals surface area contributed by atoms with Gasteiger partial charge in [-0.25, -0.2) is 4.79 Å². The van der Waals surface area contributed by atoms with E-state index in [-0.39, 0.29) is 5.56 Å². The van der Waals surface area contributed by atoms with Gasteiger partial charge in [-0.15, -0.1) is 0 Å². The number of benzene rings is 3. The number of amides is 2. The third-order valence-electron chi connectivity index (χ3n) is 5.77. The zero-order valence-corrected chi connectivity index (χ0v) is 20.4. The van der Waals surface area contributed by atoms with Gasteiger partial charge in [-0.1, -0.05) is 41.9 Å². The van der Waals surface area contributed by atoms with Crippen LogP contribution in [0.3, 0.4) is 0 Å². The third kappa shape index (κ3) is 3.92. The van der Waals surface area contributed by atoms with Gasteiger partial charge < -0.3 is 20.3 Å². The monoisotopic (exact) mass is 585 g/mol. The van der Waals surface area contributed by atoms with Gasteiger partial charge in [0.05, 0.1) is 11.3 Å². The maximum atomic E-state index is 13.9. The number of nitrogens with zero attached hydrogens (tertiary/aromatic N) is 1. The lowest BCUT2D eigenvalue weighted by molar-refractivity contribution is -0.144. The van der Waals surface area contributed by atoms with Crippen molar-refractivity contribution in [3.63, 3.8) is 0 Å². The Morgan fingerprint density at radius 1 is 1.03 bits per heavy atom. The number of rotatable bonds is 4. The number of aromatic nitrogens is 1.